The highest BCUT2D eigenvalue weighted by molar-refractivity contribution is 5.86. The van der Waals surface area contributed by atoms with Crippen LogP contribution in [-0.4, -0.2) is 46.0 Å². The molecule has 1 amide bonds. The van der Waals surface area contributed by atoms with Gasteiger partial charge in [-0.3, -0.25) is 4.79 Å². The smallest absolute Gasteiger partial charge is 0.226 e. The lowest BCUT2D eigenvalue weighted by Gasteiger charge is -2.22. The molecule has 1 fully saturated rings. The summed E-state index contributed by atoms with van der Waals surface area (Å²) in [5, 5.41) is 2.92. The number of nitrogens with two attached hydrogens (primary N) is 1. The summed E-state index contributed by atoms with van der Waals surface area (Å²) in [5.74, 6) is 0.984. The van der Waals surface area contributed by atoms with Crippen LogP contribution < -0.4 is 16.0 Å². The molecule has 3 heterocycles. The van der Waals surface area contributed by atoms with Gasteiger partial charge in [0, 0.05) is 20.1 Å². The summed E-state index contributed by atoms with van der Waals surface area (Å²) in [7, 11) is 1.76. The van der Waals surface area contributed by atoms with E-state index in [9.17, 15) is 4.79 Å². The van der Waals surface area contributed by atoms with Gasteiger partial charge >= 0.3 is 0 Å². The van der Waals surface area contributed by atoms with Crippen molar-refractivity contribution in [3.05, 3.63) is 6.33 Å². The fourth-order valence-corrected chi connectivity index (χ4v) is 2.50. The zero-order chi connectivity index (χ0) is 14.3. The number of hydrogen-bond acceptors (Lipinski definition) is 6. The van der Waals surface area contributed by atoms with Gasteiger partial charge in [-0.15, -0.1) is 0 Å². The van der Waals surface area contributed by atoms with Crippen molar-refractivity contribution >= 4 is 28.8 Å². The predicted molar refractivity (Wildman–Crippen MR) is 75.4 cm³/mol. The van der Waals surface area contributed by atoms with Gasteiger partial charge < -0.3 is 20.9 Å². The van der Waals surface area contributed by atoms with Gasteiger partial charge in [0.25, 0.3) is 0 Å². The molecule has 0 aromatic carbocycles. The first-order valence-corrected chi connectivity index (χ1v) is 6.47. The molecule has 0 aliphatic carbocycles. The summed E-state index contributed by atoms with van der Waals surface area (Å²) < 4.78 is 0. The Morgan fingerprint density at radius 2 is 2.35 bits per heavy atom. The molecule has 0 bridgehead atoms. The van der Waals surface area contributed by atoms with Crippen molar-refractivity contribution in [3.63, 3.8) is 0 Å². The molecule has 8 nitrogen and oxygen atoms in total. The zero-order valence-corrected chi connectivity index (χ0v) is 11.5. The third-order valence-electron chi connectivity index (χ3n) is 3.86. The molecule has 20 heavy (non-hydrogen) atoms. The summed E-state index contributed by atoms with van der Waals surface area (Å²) >= 11 is 0. The van der Waals surface area contributed by atoms with E-state index in [1.54, 1.807) is 13.4 Å². The highest BCUT2D eigenvalue weighted by Crippen LogP contribution is 2.34. The number of hydrogen-bond donors (Lipinski definition) is 3. The summed E-state index contributed by atoms with van der Waals surface area (Å²) in [5.41, 5.74) is 6.35. The van der Waals surface area contributed by atoms with Crippen molar-refractivity contribution in [1.29, 1.82) is 0 Å². The maximum Gasteiger partial charge on any atom is 0.226 e. The molecule has 1 unspecified atom stereocenters. The van der Waals surface area contributed by atoms with Gasteiger partial charge in [-0.2, -0.15) is 9.97 Å². The van der Waals surface area contributed by atoms with Crippen LogP contribution in [0, 0.1) is 5.41 Å². The lowest BCUT2D eigenvalue weighted by atomic mass is 9.89. The normalized spacial score (nSPS) is 22.4. The van der Waals surface area contributed by atoms with Crippen LogP contribution in [0.25, 0.3) is 11.2 Å². The van der Waals surface area contributed by atoms with Gasteiger partial charge in [0.15, 0.2) is 11.5 Å². The molecule has 1 aliphatic heterocycles. The lowest BCUT2D eigenvalue weighted by Crippen LogP contribution is -2.37. The maximum absolute atomic E-state index is 11.6. The molecule has 0 radical (unpaired) electrons. The number of nitrogens with zero attached hydrogens (tertiary/aromatic N) is 4. The topological polar surface area (TPSA) is 113 Å². The van der Waals surface area contributed by atoms with Crippen LogP contribution in [0.4, 0.5) is 11.8 Å². The van der Waals surface area contributed by atoms with Crippen molar-refractivity contribution in [2.24, 2.45) is 11.1 Å². The zero-order valence-electron chi connectivity index (χ0n) is 11.5. The highest BCUT2D eigenvalue weighted by Gasteiger charge is 2.40. The van der Waals surface area contributed by atoms with E-state index in [-0.39, 0.29) is 5.91 Å². The van der Waals surface area contributed by atoms with E-state index in [4.69, 9.17) is 5.73 Å². The van der Waals surface area contributed by atoms with E-state index in [2.05, 4.69) is 25.3 Å². The number of aromatic amines is 1. The minimum atomic E-state index is -0.517. The molecule has 1 aliphatic rings. The van der Waals surface area contributed by atoms with E-state index in [1.165, 1.54) is 0 Å². The van der Waals surface area contributed by atoms with E-state index < -0.39 is 5.41 Å². The summed E-state index contributed by atoms with van der Waals surface area (Å²) in [4.78, 5) is 29.6. The van der Waals surface area contributed by atoms with E-state index in [0.29, 0.717) is 18.1 Å². The van der Waals surface area contributed by atoms with E-state index in [0.717, 1.165) is 24.3 Å². The van der Waals surface area contributed by atoms with Crippen molar-refractivity contribution < 1.29 is 4.79 Å². The Morgan fingerprint density at radius 1 is 1.55 bits per heavy atom. The average molecular weight is 275 g/mol. The number of amides is 1. The molecule has 3 rings (SSSR count). The number of fused-ring (bicyclic) bond motifs is 1. The third-order valence-corrected chi connectivity index (χ3v) is 3.86. The third kappa shape index (κ3) is 1.84. The van der Waals surface area contributed by atoms with Crippen LogP contribution in [0.1, 0.15) is 13.3 Å². The molecular weight excluding hydrogens is 258 g/mol. The average Bonchev–Trinajstić information content (AvgIpc) is 3.04. The molecule has 1 saturated heterocycles. The first-order valence-electron chi connectivity index (χ1n) is 6.47. The predicted octanol–water partition coefficient (Wildman–Crippen LogP) is 0.0963. The molecule has 8 heteroatoms. The summed E-state index contributed by atoms with van der Waals surface area (Å²) in [6, 6.07) is 0. The maximum atomic E-state index is 11.6. The summed E-state index contributed by atoms with van der Waals surface area (Å²) in [6.45, 7) is 3.17. The molecule has 106 valence electrons. The van der Waals surface area contributed by atoms with Crippen molar-refractivity contribution in [2.75, 3.05) is 30.4 Å². The minimum absolute atomic E-state index is 0.274. The highest BCUT2D eigenvalue weighted by atomic mass is 16.1. The monoisotopic (exact) mass is 275 g/mol. The van der Waals surface area contributed by atoms with Crippen LogP contribution in [0.3, 0.4) is 0 Å². The number of imidazole rings is 1. The number of anilines is 2. The fourth-order valence-electron chi connectivity index (χ4n) is 2.50. The van der Waals surface area contributed by atoms with Crippen molar-refractivity contribution in [2.45, 2.75) is 13.3 Å². The van der Waals surface area contributed by atoms with Crippen LogP contribution in [0.5, 0.6) is 0 Å². The van der Waals surface area contributed by atoms with Gasteiger partial charge in [-0.25, -0.2) is 4.98 Å². The molecule has 4 N–H and O–H groups in total. The first-order chi connectivity index (χ1) is 9.53. The largest absolute Gasteiger partial charge is 0.369 e. The molecule has 2 aromatic heterocycles. The van der Waals surface area contributed by atoms with Crippen LogP contribution in [0.15, 0.2) is 6.33 Å². The number of aromatic nitrogens is 4. The van der Waals surface area contributed by atoms with Gasteiger partial charge in [-0.1, -0.05) is 0 Å². The molecular formula is C12H17N7O. The fraction of sp³-hybridized carbons (Fsp3) is 0.500. The molecule has 0 saturated carbocycles. The number of H-pyrrole nitrogens is 1. The number of nitrogens with one attached hydrogen (secondary N) is 2. The standard InChI is InChI=1S/C12H17N7O/c1-12(10(13)20)3-4-19(5-12)9-7-8(16-6-15-7)17-11(14-2)18-9/h6H,3-5H2,1-2H3,(H2,13,20)(H2,14,15,16,17,18). The summed E-state index contributed by atoms with van der Waals surface area (Å²) in [6.07, 6.45) is 2.31. The van der Waals surface area contributed by atoms with Crippen LogP contribution in [0.2, 0.25) is 0 Å². The molecule has 0 spiro atoms. The first kappa shape index (κ1) is 12.6. The molecule has 1 atom stereocenters. The van der Waals surface area contributed by atoms with Gasteiger partial charge in [0.05, 0.1) is 11.7 Å². The van der Waals surface area contributed by atoms with Crippen LogP contribution >= 0.6 is 0 Å². The second-order valence-corrected chi connectivity index (χ2v) is 5.32. The van der Waals surface area contributed by atoms with Gasteiger partial charge in [-0.05, 0) is 13.3 Å². The molecule has 2 aromatic rings. The van der Waals surface area contributed by atoms with Gasteiger partial charge in [0.1, 0.15) is 5.52 Å². The van der Waals surface area contributed by atoms with E-state index >= 15 is 0 Å². The number of carbonyl (C=O) groups excluding carboxylic acids is 1. The number of rotatable bonds is 3. The lowest BCUT2D eigenvalue weighted by molar-refractivity contribution is -0.125. The Morgan fingerprint density at radius 3 is 3.00 bits per heavy atom. The van der Waals surface area contributed by atoms with E-state index in [1.807, 2.05) is 11.8 Å². The van der Waals surface area contributed by atoms with Crippen molar-refractivity contribution in [3.8, 4) is 0 Å². The second kappa shape index (κ2) is 4.32. The Balaban J connectivity index is 2.02. The van der Waals surface area contributed by atoms with Crippen LogP contribution in [-0.2, 0) is 4.79 Å². The quantitative estimate of drug-likeness (QED) is 0.732. The Bertz CT molecular complexity index is 667. The number of carbonyl (C=O) groups is 1. The Labute approximate surface area is 115 Å². The SMILES string of the molecule is CNc1nc(N2CCC(C)(C(N)=O)C2)c2[nH]cnc2n1. The van der Waals surface area contributed by atoms with Crippen molar-refractivity contribution in [1.82, 2.24) is 19.9 Å². The van der Waals surface area contributed by atoms with Gasteiger partial charge in [0.2, 0.25) is 11.9 Å². The Kier molecular flexibility index (Phi) is 2.73. The second-order valence-electron chi connectivity index (χ2n) is 5.32. The Hall–Kier alpha value is -2.38. The number of primary amides is 1. The minimum Gasteiger partial charge on any atom is -0.369 e.